The van der Waals surface area contributed by atoms with Crippen LogP contribution in [0.4, 0.5) is 10.3 Å². The third-order valence-corrected chi connectivity index (χ3v) is 4.77. The van der Waals surface area contributed by atoms with Crippen LogP contribution in [0.5, 0.6) is 0 Å². The Labute approximate surface area is 121 Å². The first kappa shape index (κ1) is 14.6. The quantitative estimate of drug-likeness (QED) is 0.752. The Morgan fingerprint density at radius 1 is 1.38 bits per heavy atom. The van der Waals surface area contributed by atoms with Gasteiger partial charge in [0.1, 0.15) is 0 Å². The van der Waals surface area contributed by atoms with Crippen LogP contribution in [0, 0.1) is 5.82 Å². The minimum absolute atomic E-state index is 0.134. The molecule has 1 N–H and O–H groups in total. The minimum Gasteiger partial charge on any atom is -0.393 e. The Hall–Kier alpha value is -1.32. The second-order valence-electron chi connectivity index (χ2n) is 5.47. The van der Waals surface area contributed by atoms with E-state index >= 15 is 0 Å². The van der Waals surface area contributed by atoms with E-state index in [-0.39, 0.29) is 18.0 Å². The number of nitrogens with zero attached hydrogens (tertiary/aromatic N) is 3. The lowest BCUT2D eigenvalue weighted by Crippen LogP contribution is -2.59. The zero-order valence-electron chi connectivity index (χ0n) is 11.4. The summed E-state index contributed by atoms with van der Waals surface area (Å²) in [4.78, 5) is 9.65. The maximum absolute atomic E-state index is 13.6. The van der Waals surface area contributed by atoms with Gasteiger partial charge >= 0.3 is 0 Å². The molecule has 7 nitrogen and oxygen atoms in total. The summed E-state index contributed by atoms with van der Waals surface area (Å²) in [5.41, 5.74) is 0. The number of morpholine rings is 1. The van der Waals surface area contributed by atoms with E-state index in [1.807, 2.05) is 4.90 Å². The maximum Gasteiger partial charge on any atom is 0.227 e. The van der Waals surface area contributed by atoms with Gasteiger partial charge in [0, 0.05) is 6.26 Å². The Balaban J connectivity index is 2.01. The third kappa shape index (κ3) is 2.72. The number of rotatable bonds is 2. The van der Waals surface area contributed by atoms with Gasteiger partial charge in [0.2, 0.25) is 5.95 Å². The highest BCUT2D eigenvalue weighted by Gasteiger charge is 2.40. The first-order chi connectivity index (χ1) is 9.86. The average molecular weight is 317 g/mol. The lowest BCUT2D eigenvalue weighted by molar-refractivity contribution is 0.000240. The number of piperidine rings is 1. The number of aliphatic hydroxyl groups is 1. The van der Waals surface area contributed by atoms with Gasteiger partial charge in [-0.25, -0.2) is 17.8 Å². The van der Waals surface area contributed by atoms with E-state index in [9.17, 15) is 17.9 Å². The van der Waals surface area contributed by atoms with Gasteiger partial charge in [0.05, 0.1) is 37.6 Å². The Bertz CT molecular complexity index is 640. The minimum atomic E-state index is -3.76. The number of anilines is 1. The van der Waals surface area contributed by atoms with Crippen LogP contribution in [0.3, 0.4) is 0 Å². The molecule has 0 aromatic carbocycles. The molecule has 3 rings (SSSR count). The summed E-state index contributed by atoms with van der Waals surface area (Å²) in [5.74, 6) is -0.790. The van der Waals surface area contributed by atoms with E-state index in [4.69, 9.17) is 4.74 Å². The summed E-state index contributed by atoms with van der Waals surface area (Å²) >= 11 is 0. The number of fused-ring (bicyclic) bond motifs is 2. The first-order valence-corrected chi connectivity index (χ1v) is 8.52. The van der Waals surface area contributed by atoms with Gasteiger partial charge < -0.3 is 14.7 Å². The molecule has 0 aliphatic carbocycles. The fraction of sp³-hybridized carbons (Fsp3) is 0.667. The normalized spacial score (nSPS) is 29.5. The Morgan fingerprint density at radius 3 is 2.57 bits per heavy atom. The fourth-order valence-electron chi connectivity index (χ4n) is 2.94. The first-order valence-electron chi connectivity index (χ1n) is 6.63. The number of aliphatic hydroxyl groups excluding tert-OH is 1. The van der Waals surface area contributed by atoms with E-state index in [1.165, 1.54) is 0 Å². The van der Waals surface area contributed by atoms with Crippen molar-refractivity contribution in [1.82, 2.24) is 9.97 Å². The molecule has 2 bridgehead atoms. The molecular formula is C12H16FN3O4S. The van der Waals surface area contributed by atoms with Crippen LogP contribution in [-0.2, 0) is 14.6 Å². The van der Waals surface area contributed by atoms with Gasteiger partial charge in [-0.3, -0.25) is 0 Å². The van der Waals surface area contributed by atoms with Crippen LogP contribution in [-0.4, -0.2) is 61.1 Å². The summed E-state index contributed by atoms with van der Waals surface area (Å²) in [7, 11) is -3.76. The lowest BCUT2D eigenvalue weighted by atomic mass is 9.92. The van der Waals surface area contributed by atoms with Crippen LogP contribution in [0.25, 0.3) is 0 Å². The summed E-state index contributed by atoms with van der Waals surface area (Å²) in [6.07, 6.45) is 2.35. The summed E-state index contributed by atoms with van der Waals surface area (Å²) in [5, 5.41) is 9.23. The molecule has 0 saturated carbocycles. The Kier molecular flexibility index (Phi) is 3.58. The zero-order chi connectivity index (χ0) is 15.2. The van der Waals surface area contributed by atoms with Crippen molar-refractivity contribution in [3.8, 4) is 0 Å². The van der Waals surface area contributed by atoms with Gasteiger partial charge in [0.25, 0.3) is 0 Å². The zero-order valence-corrected chi connectivity index (χ0v) is 12.3. The molecular weight excluding hydrogens is 301 g/mol. The van der Waals surface area contributed by atoms with Gasteiger partial charge in [-0.15, -0.1) is 0 Å². The second kappa shape index (κ2) is 5.15. The number of halogens is 1. The number of sulfone groups is 1. The van der Waals surface area contributed by atoms with Gasteiger partial charge in [-0.05, 0) is 12.8 Å². The van der Waals surface area contributed by atoms with E-state index in [1.54, 1.807) is 0 Å². The molecule has 2 aliphatic rings. The molecule has 2 fully saturated rings. The van der Waals surface area contributed by atoms with E-state index in [0.29, 0.717) is 26.1 Å². The van der Waals surface area contributed by atoms with Crippen LogP contribution < -0.4 is 4.90 Å². The van der Waals surface area contributed by atoms with Crippen molar-refractivity contribution in [2.45, 2.75) is 36.1 Å². The average Bonchev–Trinajstić information content (AvgIpc) is 2.37. The third-order valence-electron chi connectivity index (χ3n) is 3.78. The molecule has 1 unspecified atom stereocenters. The fourth-order valence-corrected chi connectivity index (χ4v) is 3.59. The monoisotopic (exact) mass is 317 g/mol. The van der Waals surface area contributed by atoms with Crippen LogP contribution in [0.2, 0.25) is 0 Å². The number of ether oxygens (including phenoxy) is 1. The van der Waals surface area contributed by atoms with Gasteiger partial charge in [-0.1, -0.05) is 0 Å². The van der Waals surface area contributed by atoms with Crippen molar-refractivity contribution in [3.05, 3.63) is 12.0 Å². The topological polar surface area (TPSA) is 92.6 Å². The summed E-state index contributed by atoms with van der Waals surface area (Å²) in [6.45, 7) is 0.811. The molecule has 3 heterocycles. The Morgan fingerprint density at radius 2 is 2.00 bits per heavy atom. The van der Waals surface area contributed by atoms with E-state index < -0.39 is 26.8 Å². The van der Waals surface area contributed by atoms with E-state index in [2.05, 4.69) is 9.97 Å². The molecule has 0 amide bonds. The molecule has 2 aliphatic heterocycles. The van der Waals surface area contributed by atoms with Crippen LogP contribution in [0.15, 0.2) is 11.2 Å². The molecule has 2 saturated heterocycles. The molecule has 3 atom stereocenters. The van der Waals surface area contributed by atoms with Gasteiger partial charge in [-0.2, -0.15) is 4.98 Å². The summed E-state index contributed by atoms with van der Waals surface area (Å²) in [6, 6.07) is -0.268. The smallest absolute Gasteiger partial charge is 0.227 e. The maximum atomic E-state index is 13.6. The van der Waals surface area contributed by atoms with Gasteiger partial charge in [0.15, 0.2) is 20.7 Å². The van der Waals surface area contributed by atoms with E-state index in [0.717, 1.165) is 12.5 Å². The van der Waals surface area contributed by atoms with Crippen molar-refractivity contribution >= 4 is 15.8 Å². The summed E-state index contributed by atoms with van der Waals surface area (Å²) < 4.78 is 42.2. The highest BCUT2D eigenvalue weighted by molar-refractivity contribution is 7.90. The van der Waals surface area contributed by atoms with Crippen molar-refractivity contribution in [2.24, 2.45) is 0 Å². The van der Waals surface area contributed by atoms with Crippen molar-refractivity contribution in [2.75, 3.05) is 24.4 Å². The molecule has 116 valence electrons. The van der Waals surface area contributed by atoms with Crippen LogP contribution >= 0.6 is 0 Å². The molecule has 1 aromatic rings. The standard InChI is InChI=1S/C12H16FN3O4S/c1-21(18,19)11-10(13)4-14-12(15-11)16-7-2-9(17)3-8(16)6-20-5-7/h4,7-9,17H,2-3,5-6H2,1H3/t7-,8+,9?. The molecule has 21 heavy (non-hydrogen) atoms. The predicted octanol–water partition coefficient (Wildman–Crippen LogP) is -0.252. The van der Waals surface area contributed by atoms with Crippen LogP contribution in [0.1, 0.15) is 12.8 Å². The van der Waals surface area contributed by atoms with Crippen molar-refractivity contribution in [3.63, 3.8) is 0 Å². The predicted molar refractivity (Wildman–Crippen MR) is 71.2 cm³/mol. The highest BCUT2D eigenvalue weighted by Crippen LogP contribution is 2.31. The van der Waals surface area contributed by atoms with Crippen molar-refractivity contribution < 1.29 is 22.7 Å². The SMILES string of the molecule is CS(=O)(=O)c1nc(N2[C@@H]3COC[C@H]2CC(O)C3)ncc1F. The molecule has 1 aromatic heterocycles. The number of aromatic nitrogens is 2. The van der Waals surface area contributed by atoms with Crippen molar-refractivity contribution in [1.29, 1.82) is 0 Å². The number of hydrogen-bond donors (Lipinski definition) is 1. The lowest BCUT2D eigenvalue weighted by Gasteiger charge is -2.47. The number of hydrogen-bond acceptors (Lipinski definition) is 7. The second-order valence-corrected chi connectivity index (χ2v) is 7.40. The highest BCUT2D eigenvalue weighted by atomic mass is 32.2. The molecule has 0 radical (unpaired) electrons. The molecule has 9 heteroatoms. The largest absolute Gasteiger partial charge is 0.393 e. The molecule has 0 spiro atoms.